The lowest BCUT2D eigenvalue weighted by atomic mass is 9.86. The Hall–Kier alpha value is -0.470. The second kappa shape index (κ2) is 6.63. The van der Waals surface area contributed by atoms with Crippen LogP contribution < -0.4 is 5.73 Å². The van der Waals surface area contributed by atoms with Crippen LogP contribution in [0.4, 0.5) is 0 Å². The van der Waals surface area contributed by atoms with Gasteiger partial charge in [0.1, 0.15) is 0 Å². The van der Waals surface area contributed by atoms with Gasteiger partial charge >= 0.3 is 0 Å². The van der Waals surface area contributed by atoms with Gasteiger partial charge in [0.15, 0.2) is 0 Å². The first-order valence-corrected chi connectivity index (χ1v) is 8.08. The van der Waals surface area contributed by atoms with Crippen LogP contribution in [0.3, 0.4) is 0 Å². The Morgan fingerprint density at radius 3 is 2.17 bits per heavy atom. The lowest BCUT2D eigenvalue weighted by molar-refractivity contribution is 0.498. The maximum absolute atomic E-state index is 6.25. The van der Waals surface area contributed by atoms with Crippen molar-refractivity contribution in [3.63, 3.8) is 0 Å². The highest BCUT2D eigenvalue weighted by molar-refractivity contribution is 7.98. The fourth-order valence-electron chi connectivity index (χ4n) is 2.00. The second-order valence-electron chi connectivity index (χ2n) is 6.25. The van der Waals surface area contributed by atoms with Crippen molar-refractivity contribution >= 4 is 11.8 Å². The van der Waals surface area contributed by atoms with Crippen molar-refractivity contribution in [3.8, 4) is 0 Å². The van der Waals surface area contributed by atoms with Crippen molar-refractivity contribution in [2.45, 2.75) is 45.6 Å². The summed E-state index contributed by atoms with van der Waals surface area (Å²) in [6, 6.07) is 9.19. The molecule has 0 aromatic heterocycles. The quantitative estimate of drug-likeness (QED) is 0.875. The molecular formula is C16H27NS. The van der Waals surface area contributed by atoms with Crippen LogP contribution in [0, 0.1) is 5.92 Å². The predicted octanol–water partition coefficient (Wildman–Crippen LogP) is 3.85. The van der Waals surface area contributed by atoms with Crippen molar-refractivity contribution in [1.82, 2.24) is 0 Å². The molecule has 0 aliphatic carbocycles. The molecular weight excluding hydrogens is 238 g/mol. The summed E-state index contributed by atoms with van der Waals surface area (Å²) in [5.41, 5.74) is 9.21. The van der Waals surface area contributed by atoms with Gasteiger partial charge < -0.3 is 5.73 Å². The molecule has 0 heterocycles. The third kappa shape index (κ3) is 4.66. The van der Waals surface area contributed by atoms with Crippen LogP contribution >= 0.6 is 11.8 Å². The Kier molecular flexibility index (Phi) is 5.74. The minimum absolute atomic E-state index is 0.229. The van der Waals surface area contributed by atoms with Crippen LogP contribution in [0.5, 0.6) is 0 Å². The fourth-order valence-corrected chi connectivity index (χ4v) is 2.77. The number of rotatable bonds is 5. The van der Waals surface area contributed by atoms with E-state index >= 15 is 0 Å². The van der Waals surface area contributed by atoms with Crippen molar-refractivity contribution in [3.05, 3.63) is 35.4 Å². The van der Waals surface area contributed by atoms with Gasteiger partial charge in [-0.1, -0.05) is 52.0 Å². The van der Waals surface area contributed by atoms with E-state index in [4.69, 9.17) is 5.73 Å². The highest BCUT2D eigenvalue weighted by Crippen LogP contribution is 2.23. The average Bonchev–Trinajstić information content (AvgIpc) is 2.28. The third-order valence-electron chi connectivity index (χ3n) is 3.45. The Morgan fingerprint density at radius 2 is 1.72 bits per heavy atom. The van der Waals surface area contributed by atoms with Crippen LogP contribution in [0.2, 0.25) is 0 Å². The molecule has 1 aromatic carbocycles. The van der Waals surface area contributed by atoms with Crippen molar-refractivity contribution in [1.29, 1.82) is 0 Å². The zero-order valence-corrected chi connectivity index (χ0v) is 13.2. The number of hydrogen-bond donors (Lipinski definition) is 1. The molecule has 0 spiro atoms. The molecule has 18 heavy (non-hydrogen) atoms. The van der Waals surface area contributed by atoms with Gasteiger partial charge in [0, 0.05) is 6.04 Å². The second-order valence-corrected chi connectivity index (χ2v) is 7.16. The Bertz CT molecular complexity index is 350. The van der Waals surface area contributed by atoms with Gasteiger partial charge in [0.25, 0.3) is 0 Å². The van der Waals surface area contributed by atoms with Gasteiger partial charge in [0.05, 0.1) is 0 Å². The van der Waals surface area contributed by atoms with Crippen molar-refractivity contribution in [2.75, 3.05) is 12.0 Å². The molecule has 1 rings (SSSR count). The molecule has 2 heteroatoms. The predicted molar refractivity (Wildman–Crippen MR) is 84.4 cm³/mol. The zero-order chi connectivity index (χ0) is 13.8. The number of benzene rings is 1. The molecule has 0 bridgehead atoms. The first-order chi connectivity index (χ1) is 8.34. The smallest absolute Gasteiger partial charge is 0.0113 e. The maximum atomic E-state index is 6.25. The summed E-state index contributed by atoms with van der Waals surface area (Å²) >= 11 is 1.87. The van der Waals surface area contributed by atoms with E-state index < -0.39 is 0 Å². The molecule has 0 amide bonds. The average molecular weight is 265 g/mol. The largest absolute Gasteiger partial charge is 0.327 e. The van der Waals surface area contributed by atoms with Crippen molar-refractivity contribution in [2.24, 2.45) is 11.7 Å². The van der Waals surface area contributed by atoms with E-state index in [1.807, 2.05) is 11.8 Å². The van der Waals surface area contributed by atoms with Crippen LogP contribution in [0.25, 0.3) is 0 Å². The van der Waals surface area contributed by atoms with Gasteiger partial charge in [-0.15, -0.1) is 0 Å². The summed E-state index contributed by atoms with van der Waals surface area (Å²) in [6.45, 7) is 8.97. The zero-order valence-electron chi connectivity index (χ0n) is 12.4. The minimum atomic E-state index is 0.229. The molecule has 0 saturated heterocycles. The SMILES string of the molecule is CSCC(C)C(N)Cc1ccc(C(C)(C)C)cc1. The Labute approximate surface area is 117 Å². The van der Waals surface area contributed by atoms with Gasteiger partial charge in [-0.05, 0) is 40.9 Å². The van der Waals surface area contributed by atoms with Crippen LogP contribution in [0.1, 0.15) is 38.8 Å². The number of hydrogen-bond acceptors (Lipinski definition) is 2. The molecule has 1 aromatic rings. The normalized spacial score (nSPS) is 15.4. The standard InChI is InChI=1S/C16H27NS/c1-12(11-18-5)15(17)10-13-6-8-14(9-7-13)16(2,3)4/h6-9,12,15H,10-11,17H2,1-5H3. The molecule has 102 valence electrons. The molecule has 1 nitrogen and oxygen atoms in total. The number of thioether (sulfide) groups is 1. The summed E-state index contributed by atoms with van der Waals surface area (Å²) in [5, 5.41) is 0. The highest BCUT2D eigenvalue weighted by Gasteiger charge is 2.15. The highest BCUT2D eigenvalue weighted by atomic mass is 32.2. The van der Waals surface area contributed by atoms with E-state index in [0.717, 1.165) is 12.2 Å². The summed E-state index contributed by atoms with van der Waals surface area (Å²) in [6.07, 6.45) is 3.12. The molecule has 2 N–H and O–H groups in total. The maximum Gasteiger partial charge on any atom is 0.0113 e. The summed E-state index contributed by atoms with van der Waals surface area (Å²) in [5.74, 6) is 1.71. The third-order valence-corrected chi connectivity index (χ3v) is 4.31. The molecule has 0 aliphatic rings. The van der Waals surface area contributed by atoms with Gasteiger partial charge in [-0.25, -0.2) is 0 Å². The van der Waals surface area contributed by atoms with E-state index in [2.05, 4.69) is 58.2 Å². The monoisotopic (exact) mass is 265 g/mol. The van der Waals surface area contributed by atoms with E-state index in [1.54, 1.807) is 0 Å². The summed E-state index contributed by atoms with van der Waals surface area (Å²) in [7, 11) is 0. The molecule has 0 saturated carbocycles. The van der Waals surface area contributed by atoms with Gasteiger partial charge in [0.2, 0.25) is 0 Å². The number of nitrogens with two attached hydrogens (primary N) is 1. The molecule has 2 unspecified atom stereocenters. The summed E-state index contributed by atoms with van der Waals surface area (Å²) < 4.78 is 0. The molecule has 0 fully saturated rings. The lowest BCUT2D eigenvalue weighted by Gasteiger charge is -2.21. The topological polar surface area (TPSA) is 26.0 Å². The molecule has 2 atom stereocenters. The minimum Gasteiger partial charge on any atom is -0.327 e. The molecule has 0 aliphatic heterocycles. The fraction of sp³-hybridized carbons (Fsp3) is 0.625. The Balaban J connectivity index is 2.64. The van der Waals surface area contributed by atoms with Gasteiger partial charge in [-0.3, -0.25) is 0 Å². The lowest BCUT2D eigenvalue weighted by Crippen LogP contribution is -2.31. The van der Waals surface area contributed by atoms with Crippen LogP contribution in [0.15, 0.2) is 24.3 Å². The summed E-state index contributed by atoms with van der Waals surface area (Å²) in [4.78, 5) is 0. The van der Waals surface area contributed by atoms with Gasteiger partial charge in [-0.2, -0.15) is 11.8 Å². The first-order valence-electron chi connectivity index (χ1n) is 6.68. The molecule has 0 radical (unpaired) electrons. The van der Waals surface area contributed by atoms with Crippen molar-refractivity contribution < 1.29 is 0 Å². The van der Waals surface area contributed by atoms with E-state index in [1.165, 1.54) is 11.1 Å². The van der Waals surface area contributed by atoms with Crippen LogP contribution in [-0.2, 0) is 11.8 Å². The van der Waals surface area contributed by atoms with E-state index in [-0.39, 0.29) is 11.5 Å². The van der Waals surface area contributed by atoms with E-state index in [0.29, 0.717) is 5.92 Å². The first kappa shape index (κ1) is 15.6. The Morgan fingerprint density at radius 1 is 1.17 bits per heavy atom. The van der Waals surface area contributed by atoms with E-state index in [9.17, 15) is 0 Å². The van der Waals surface area contributed by atoms with Crippen LogP contribution in [-0.4, -0.2) is 18.1 Å².